The van der Waals surface area contributed by atoms with Gasteiger partial charge in [-0.2, -0.15) is 0 Å². The Labute approximate surface area is 124 Å². The number of hydrogen-bond acceptors (Lipinski definition) is 5. The number of carbonyl (C=O) groups is 1. The summed E-state index contributed by atoms with van der Waals surface area (Å²) in [6.45, 7) is 0.255. The monoisotopic (exact) mass is 316 g/mol. The van der Waals surface area contributed by atoms with Crippen molar-refractivity contribution in [3.05, 3.63) is 29.8 Å². The van der Waals surface area contributed by atoms with Crippen molar-refractivity contribution in [1.82, 2.24) is 5.32 Å². The number of rotatable bonds is 8. The summed E-state index contributed by atoms with van der Waals surface area (Å²) in [5, 5.41) is 11.7. The normalized spacial score (nSPS) is 12.7. The van der Waals surface area contributed by atoms with Gasteiger partial charge in [0.05, 0.1) is 18.9 Å². The highest BCUT2D eigenvalue weighted by Crippen LogP contribution is 2.11. The molecule has 0 aliphatic heterocycles. The van der Waals surface area contributed by atoms with Crippen molar-refractivity contribution < 1.29 is 23.1 Å². The summed E-state index contributed by atoms with van der Waals surface area (Å²) in [5.41, 5.74) is 0.783. The molecule has 1 rings (SSSR count). The molecular weight excluding hydrogens is 296 g/mol. The summed E-state index contributed by atoms with van der Waals surface area (Å²) in [6.07, 6.45) is 1.45. The molecule has 1 amide bonds. The Kier molecular flexibility index (Phi) is 6.60. The van der Waals surface area contributed by atoms with Crippen molar-refractivity contribution in [3.8, 4) is 0 Å². The van der Waals surface area contributed by atoms with E-state index >= 15 is 0 Å². The van der Waals surface area contributed by atoms with Crippen LogP contribution in [0.5, 0.6) is 0 Å². The van der Waals surface area contributed by atoms with E-state index in [9.17, 15) is 13.2 Å². The molecule has 1 atom stereocenters. The van der Waals surface area contributed by atoms with E-state index in [4.69, 9.17) is 9.84 Å². The first-order valence-electron chi connectivity index (χ1n) is 6.34. The summed E-state index contributed by atoms with van der Waals surface area (Å²) in [4.78, 5) is 12.0. The summed E-state index contributed by atoms with van der Waals surface area (Å²) in [5.74, 6) is -0.309. The molecule has 0 aliphatic rings. The van der Waals surface area contributed by atoms with E-state index < -0.39 is 10.0 Å². The predicted molar refractivity (Wildman–Crippen MR) is 79.7 cm³/mol. The number of sulfonamides is 1. The highest BCUT2D eigenvalue weighted by Gasteiger charge is 2.13. The third-order valence-corrected chi connectivity index (χ3v) is 3.24. The van der Waals surface area contributed by atoms with Crippen LogP contribution >= 0.6 is 0 Å². The van der Waals surface area contributed by atoms with Crippen LogP contribution < -0.4 is 10.0 Å². The Hall–Kier alpha value is -1.64. The fraction of sp³-hybridized carbons (Fsp3) is 0.462. The van der Waals surface area contributed by atoms with Crippen molar-refractivity contribution in [2.45, 2.75) is 12.5 Å². The lowest BCUT2D eigenvalue weighted by Crippen LogP contribution is -2.38. The molecular formula is C13H20N2O5S. The van der Waals surface area contributed by atoms with Crippen LogP contribution in [0, 0.1) is 0 Å². The van der Waals surface area contributed by atoms with Crippen molar-refractivity contribution in [3.63, 3.8) is 0 Å². The van der Waals surface area contributed by atoms with E-state index in [-0.39, 0.29) is 18.6 Å². The van der Waals surface area contributed by atoms with Crippen molar-refractivity contribution >= 4 is 21.6 Å². The number of amides is 1. The largest absolute Gasteiger partial charge is 0.396 e. The van der Waals surface area contributed by atoms with Gasteiger partial charge in [0.25, 0.3) is 5.91 Å². The van der Waals surface area contributed by atoms with Gasteiger partial charge >= 0.3 is 0 Å². The first kappa shape index (κ1) is 17.4. The third-order valence-electron chi connectivity index (χ3n) is 2.63. The molecule has 3 N–H and O–H groups in total. The van der Waals surface area contributed by atoms with Crippen molar-refractivity contribution in [2.24, 2.45) is 0 Å². The number of ether oxygens (including phenoxy) is 1. The minimum Gasteiger partial charge on any atom is -0.396 e. The quantitative estimate of drug-likeness (QED) is 0.635. The molecule has 0 heterocycles. The molecule has 0 saturated heterocycles. The highest BCUT2D eigenvalue weighted by atomic mass is 32.2. The van der Waals surface area contributed by atoms with Crippen LogP contribution in [-0.2, 0) is 14.8 Å². The van der Waals surface area contributed by atoms with Crippen LogP contribution in [0.15, 0.2) is 24.3 Å². The second kappa shape index (κ2) is 7.96. The number of nitrogens with one attached hydrogen (secondary N) is 2. The molecule has 0 saturated carbocycles. The van der Waals surface area contributed by atoms with Gasteiger partial charge in [-0.3, -0.25) is 9.52 Å². The average molecular weight is 316 g/mol. The SMILES string of the molecule is COCC(CCO)NC(=O)c1ccc(NS(C)(=O)=O)cc1. The lowest BCUT2D eigenvalue weighted by molar-refractivity contribution is 0.0878. The first-order chi connectivity index (χ1) is 9.85. The predicted octanol–water partition coefficient (Wildman–Crippen LogP) is 0.185. The second-order valence-corrected chi connectivity index (χ2v) is 6.34. The van der Waals surface area contributed by atoms with Crippen LogP contribution in [0.4, 0.5) is 5.69 Å². The summed E-state index contributed by atoms with van der Waals surface area (Å²) < 4.78 is 29.4. The molecule has 0 radical (unpaired) electrons. The molecule has 1 aromatic rings. The van der Waals surface area contributed by atoms with Crippen molar-refractivity contribution in [1.29, 1.82) is 0 Å². The zero-order valence-corrected chi connectivity index (χ0v) is 12.8. The van der Waals surface area contributed by atoms with Crippen LogP contribution in [-0.4, -0.2) is 52.1 Å². The van der Waals surface area contributed by atoms with Gasteiger partial charge in [0.15, 0.2) is 0 Å². The molecule has 0 aromatic heterocycles. The number of aliphatic hydroxyl groups is 1. The van der Waals surface area contributed by atoms with Gasteiger partial charge in [0.1, 0.15) is 0 Å². The minimum atomic E-state index is -3.34. The Morgan fingerprint density at radius 1 is 1.33 bits per heavy atom. The lowest BCUT2D eigenvalue weighted by Gasteiger charge is -2.17. The standard InChI is InChI=1S/C13H20N2O5S/c1-20-9-12(7-8-16)14-13(17)10-3-5-11(6-4-10)15-21(2,18)19/h3-6,12,15-16H,7-9H2,1-2H3,(H,14,17). The smallest absolute Gasteiger partial charge is 0.251 e. The third kappa shape index (κ3) is 6.56. The molecule has 8 heteroatoms. The number of carbonyl (C=O) groups excluding carboxylic acids is 1. The Bertz CT molecular complexity index is 550. The average Bonchev–Trinajstić information content (AvgIpc) is 2.38. The molecule has 0 fully saturated rings. The maximum absolute atomic E-state index is 12.0. The van der Waals surface area contributed by atoms with Crippen LogP contribution in [0.3, 0.4) is 0 Å². The molecule has 0 aliphatic carbocycles. The minimum absolute atomic E-state index is 0.0501. The van der Waals surface area contributed by atoms with Crippen LogP contribution in [0.1, 0.15) is 16.8 Å². The van der Waals surface area contributed by atoms with E-state index in [0.29, 0.717) is 24.3 Å². The van der Waals surface area contributed by atoms with Gasteiger partial charge in [0, 0.05) is 25.0 Å². The first-order valence-corrected chi connectivity index (χ1v) is 8.23. The van der Waals surface area contributed by atoms with Crippen LogP contribution in [0.2, 0.25) is 0 Å². The van der Waals surface area contributed by atoms with Gasteiger partial charge in [-0.1, -0.05) is 0 Å². The fourth-order valence-electron chi connectivity index (χ4n) is 1.73. The Morgan fingerprint density at radius 2 is 1.95 bits per heavy atom. The zero-order chi connectivity index (χ0) is 15.9. The number of aliphatic hydroxyl groups excluding tert-OH is 1. The second-order valence-electron chi connectivity index (χ2n) is 4.59. The van der Waals surface area contributed by atoms with E-state index in [0.717, 1.165) is 6.26 Å². The molecule has 21 heavy (non-hydrogen) atoms. The Balaban J connectivity index is 2.70. The molecule has 1 aromatic carbocycles. The van der Waals surface area contributed by atoms with Gasteiger partial charge in [-0.15, -0.1) is 0 Å². The summed E-state index contributed by atoms with van der Waals surface area (Å²) in [7, 11) is -1.82. The van der Waals surface area contributed by atoms with Gasteiger partial charge in [0.2, 0.25) is 10.0 Å². The molecule has 0 bridgehead atoms. The molecule has 118 valence electrons. The number of benzene rings is 1. The van der Waals surface area contributed by atoms with E-state index in [1.54, 1.807) is 0 Å². The van der Waals surface area contributed by atoms with E-state index in [1.165, 1.54) is 31.4 Å². The topological polar surface area (TPSA) is 105 Å². The van der Waals surface area contributed by atoms with Gasteiger partial charge in [-0.25, -0.2) is 8.42 Å². The Morgan fingerprint density at radius 3 is 2.43 bits per heavy atom. The van der Waals surface area contributed by atoms with Crippen molar-refractivity contribution in [2.75, 3.05) is 31.3 Å². The number of methoxy groups -OCH3 is 1. The summed E-state index contributed by atoms with van der Waals surface area (Å²) in [6, 6.07) is 5.78. The maximum Gasteiger partial charge on any atom is 0.251 e. The fourth-order valence-corrected chi connectivity index (χ4v) is 2.29. The lowest BCUT2D eigenvalue weighted by atomic mass is 10.1. The van der Waals surface area contributed by atoms with Crippen LogP contribution in [0.25, 0.3) is 0 Å². The zero-order valence-electron chi connectivity index (χ0n) is 12.0. The number of hydrogen-bond donors (Lipinski definition) is 3. The van der Waals surface area contributed by atoms with E-state index in [1.807, 2.05) is 0 Å². The highest BCUT2D eigenvalue weighted by molar-refractivity contribution is 7.92. The molecule has 0 spiro atoms. The summed E-state index contributed by atoms with van der Waals surface area (Å²) >= 11 is 0. The molecule has 7 nitrogen and oxygen atoms in total. The van der Waals surface area contributed by atoms with Gasteiger partial charge in [-0.05, 0) is 30.7 Å². The molecule has 1 unspecified atom stereocenters. The van der Waals surface area contributed by atoms with E-state index in [2.05, 4.69) is 10.0 Å². The van der Waals surface area contributed by atoms with Gasteiger partial charge < -0.3 is 15.2 Å². The maximum atomic E-state index is 12.0. The number of anilines is 1.